The van der Waals surface area contributed by atoms with Gasteiger partial charge >= 0.3 is 5.97 Å². The number of allylic oxidation sites excluding steroid dienone is 2. The molecule has 1 aliphatic heterocycles. The van der Waals surface area contributed by atoms with E-state index in [1.807, 2.05) is 0 Å². The number of nitrogens with two attached hydrogens (primary N) is 1. The molecular weight excluding hydrogens is 398 g/mol. The van der Waals surface area contributed by atoms with Crippen molar-refractivity contribution in [3.8, 4) is 11.5 Å². The van der Waals surface area contributed by atoms with Crippen LogP contribution in [0.4, 0.5) is 0 Å². The SMILES string of the molecule is CCc1cc(OC(=O)CCCC2CCC(N)CC2)c2c(c1)OC(C)(C)C1CCC(C)=CC21. The highest BCUT2D eigenvalue weighted by Gasteiger charge is 2.45. The highest BCUT2D eigenvalue weighted by Crippen LogP contribution is 2.53. The second-order valence-corrected chi connectivity index (χ2v) is 10.9. The molecule has 1 aromatic carbocycles. The Kier molecular flexibility index (Phi) is 7.00. The first-order valence-corrected chi connectivity index (χ1v) is 12.8. The number of esters is 1. The quantitative estimate of drug-likeness (QED) is 0.314. The zero-order valence-corrected chi connectivity index (χ0v) is 20.4. The molecule has 3 aliphatic rings. The maximum Gasteiger partial charge on any atom is 0.311 e. The summed E-state index contributed by atoms with van der Waals surface area (Å²) in [5.74, 6) is 2.83. The van der Waals surface area contributed by atoms with E-state index in [4.69, 9.17) is 15.2 Å². The number of fused-ring (bicyclic) bond motifs is 3. The van der Waals surface area contributed by atoms with Crippen LogP contribution in [0.15, 0.2) is 23.8 Å². The van der Waals surface area contributed by atoms with E-state index in [2.05, 4.69) is 45.9 Å². The van der Waals surface area contributed by atoms with Gasteiger partial charge in [0.2, 0.25) is 0 Å². The first-order chi connectivity index (χ1) is 15.3. The van der Waals surface area contributed by atoms with Crippen LogP contribution < -0.4 is 15.2 Å². The topological polar surface area (TPSA) is 61.5 Å². The van der Waals surface area contributed by atoms with Crippen LogP contribution in [-0.2, 0) is 11.2 Å². The number of carbonyl (C=O) groups is 1. The average molecular weight is 440 g/mol. The van der Waals surface area contributed by atoms with Crippen LogP contribution in [0.1, 0.15) is 103 Å². The highest BCUT2D eigenvalue weighted by molar-refractivity contribution is 5.73. The lowest BCUT2D eigenvalue weighted by Gasteiger charge is -2.46. The summed E-state index contributed by atoms with van der Waals surface area (Å²) < 4.78 is 12.6. The van der Waals surface area contributed by atoms with Crippen LogP contribution in [0.5, 0.6) is 11.5 Å². The van der Waals surface area contributed by atoms with Gasteiger partial charge in [-0.15, -0.1) is 0 Å². The maximum atomic E-state index is 12.8. The third kappa shape index (κ3) is 5.06. The van der Waals surface area contributed by atoms with Crippen molar-refractivity contribution in [3.05, 3.63) is 34.9 Å². The van der Waals surface area contributed by atoms with Gasteiger partial charge in [-0.25, -0.2) is 0 Å². The van der Waals surface area contributed by atoms with Gasteiger partial charge in [-0.05, 0) is 102 Å². The van der Waals surface area contributed by atoms with Gasteiger partial charge in [-0.2, -0.15) is 0 Å². The van der Waals surface area contributed by atoms with Gasteiger partial charge in [-0.1, -0.05) is 18.6 Å². The van der Waals surface area contributed by atoms with Gasteiger partial charge in [0.05, 0.1) is 0 Å². The summed E-state index contributed by atoms with van der Waals surface area (Å²) in [7, 11) is 0. The largest absolute Gasteiger partial charge is 0.487 e. The van der Waals surface area contributed by atoms with E-state index in [0.29, 0.717) is 30.0 Å². The van der Waals surface area contributed by atoms with Gasteiger partial charge in [0, 0.05) is 29.9 Å². The molecule has 2 unspecified atom stereocenters. The molecule has 2 atom stereocenters. The highest BCUT2D eigenvalue weighted by atomic mass is 16.5. The van der Waals surface area contributed by atoms with Crippen molar-refractivity contribution >= 4 is 5.97 Å². The summed E-state index contributed by atoms with van der Waals surface area (Å²) >= 11 is 0. The molecule has 0 aromatic heterocycles. The van der Waals surface area contributed by atoms with E-state index in [1.54, 1.807) is 0 Å². The fraction of sp³-hybridized carbons (Fsp3) is 0.679. The number of ether oxygens (including phenoxy) is 2. The van der Waals surface area contributed by atoms with E-state index in [9.17, 15) is 4.79 Å². The molecule has 176 valence electrons. The monoisotopic (exact) mass is 439 g/mol. The molecule has 1 saturated carbocycles. The van der Waals surface area contributed by atoms with Crippen molar-refractivity contribution in [3.63, 3.8) is 0 Å². The summed E-state index contributed by atoms with van der Waals surface area (Å²) in [4.78, 5) is 12.8. The first-order valence-electron chi connectivity index (χ1n) is 12.8. The van der Waals surface area contributed by atoms with E-state index >= 15 is 0 Å². The second-order valence-electron chi connectivity index (χ2n) is 10.9. The molecule has 0 radical (unpaired) electrons. The smallest absolute Gasteiger partial charge is 0.311 e. The molecule has 0 spiro atoms. The Morgan fingerprint density at radius 1 is 1.19 bits per heavy atom. The van der Waals surface area contributed by atoms with E-state index in [0.717, 1.165) is 61.8 Å². The van der Waals surface area contributed by atoms with Crippen LogP contribution in [0.25, 0.3) is 0 Å². The zero-order chi connectivity index (χ0) is 22.9. The number of hydrogen-bond donors (Lipinski definition) is 1. The van der Waals surface area contributed by atoms with Gasteiger partial charge in [0.1, 0.15) is 17.1 Å². The maximum absolute atomic E-state index is 12.8. The van der Waals surface area contributed by atoms with Gasteiger partial charge < -0.3 is 15.2 Å². The van der Waals surface area contributed by atoms with E-state index < -0.39 is 0 Å². The van der Waals surface area contributed by atoms with Crippen molar-refractivity contribution in [2.45, 2.75) is 109 Å². The summed E-state index contributed by atoms with van der Waals surface area (Å²) in [6, 6.07) is 4.59. The number of carbonyl (C=O) groups excluding carboxylic acids is 1. The van der Waals surface area contributed by atoms with Crippen molar-refractivity contribution in [2.75, 3.05) is 0 Å². The lowest BCUT2D eigenvalue weighted by atomic mass is 9.68. The predicted molar refractivity (Wildman–Crippen MR) is 129 cm³/mol. The normalized spacial score (nSPS) is 28.7. The van der Waals surface area contributed by atoms with E-state index in [-0.39, 0.29) is 17.5 Å². The molecule has 4 rings (SSSR count). The minimum Gasteiger partial charge on any atom is -0.487 e. The van der Waals surface area contributed by atoms with Gasteiger partial charge in [0.25, 0.3) is 0 Å². The van der Waals surface area contributed by atoms with Crippen LogP contribution in [0, 0.1) is 11.8 Å². The van der Waals surface area contributed by atoms with Crippen LogP contribution >= 0.6 is 0 Å². The average Bonchev–Trinajstić information content (AvgIpc) is 2.74. The zero-order valence-electron chi connectivity index (χ0n) is 20.4. The Labute approximate surface area is 193 Å². The Balaban J connectivity index is 1.50. The summed E-state index contributed by atoms with van der Waals surface area (Å²) in [5.41, 5.74) is 9.43. The molecule has 1 aromatic rings. The van der Waals surface area contributed by atoms with Crippen molar-refractivity contribution < 1.29 is 14.3 Å². The van der Waals surface area contributed by atoms with Gasteiger partial charge in [-0.3, -0.25) is 4.79 Å². The predicted octanol–water partition coefficient (Wildman–Crippen LogP) is 6.45. The molecule has 0 saturated heterocycles. The standard InChI is InChI=1S/C28H41NO3/c1-5-19-16-24(31-26(30)8-6-7-20-10-12-21(29)13-11-20)27-22-15-18(2)9-14-23(22)28(3,4)32-25(27)17-19/h15-17,20-23H,5-14,29H2,1-4H3. The van der Waals surface area contributed by atoms with Crippen molar-refractivity contribution in [1.82, 2.24) is 0 Å². The van der Waals surface area contributed by atoms with Crippen LogP contribution in [0.3, 0.4) is 0 Å². The van der Waals surface area contributed by atoms with Crippen molar-refractivity contribution in [1.29, 1.82) is 0 Å². The fourth-order valence-electron chi connectivity index (χ4n) is 6.03. The van der Waals surface area contributed by atoms with Gasteiger partial charge in [0.15, 0.2) is 0 Å². The summed E-state index contributed by atoms with van der Waals surface area (Å²) in [5, 5.41) is 0. The second kappa shape index (κ2) is 9.59. The summed E-state index contributed by atoms with van der Waals surface area (Å²) in [6.45, 7) is 8.74. The first kappa shape index (κ1) is 23.4. The minimum atomic E-state index is -0.231. The molecule has 4 heteroatoms. The lowest BCUT2D eigenvalue weighted by molar-refractivity contribution is -0.134. The Morgan fingerprint density at radius 3 is 2.66 bits per heavy atom. The number of rotatable bonds is 6. The molecule has 1 heterocycles. The molecule has 0 bridgehead atoms. The molecule has 2 N–H and O–H groups in total. The number of hydrogen-bond acceptors (Lipinski definition) is 4. The Morgan fingerprint density at radius 2 is 1.94 bits per heavy atom. The molecule has 1 fully saturated rings. The Bertz CT molecular complexity index is 864. The molecule has 4 nitrogen and oxygen atoms in total. The van der Waals surface area contributed by atoms with Crippen LogP contribution in [-0.4, -0.2) is 17.6 Å². The lowest BCUT2D eigenvalue weighted by Crippen LogP contribution is -2.45. The van der Waals surface area contributed by atoms with Crippen LogP contribution in [0.2, 0.25) is 0 Å². The molecule has 2 aliphatic carbocycles. The molecule has 32 heavy (non-hydrogen) atoms. The fourth-order valence-corrected chi connectivity index (χ4v) is 6.03. The minimum absolute atomic E-state index is 0.120. The Hall–Kier alpha value is -1.81. The molecule has 0 amide bonds. The number of benzene rings is 1. The third-order valence-electron chi connectivity index (χ3n) is 8.03. The molecular formula is C28H41NO3. The van der Waals surface area contributed by atoms with Crippen molar-refractivity contribution in [2.24, 2.45) is 17.6 Å². The number of aryl methyl sites for hydroxylation is 1. The third-order valence-corrected chi connectivity index (χ3v) is 8.03. The van der Waals surface area contributed by atoms with E-state index in [1.165, 1.54) is 18.4 Å². The summed E-state index contributed by atoms with van der Waals surface area (Å²) in [6.07, 6.45) is 12.6.